The Morgan fingerprint density at radius 1 is 0.848 bits per heavy atom. The van der Waals surface area contributed by atoms with Gasteiger partial charge in [0, 0.05) is 6.61 Å². The SMILES string of the molecule is CCCCCCCCCCCCOCC(O)C[N+](CC)(CCO)CCO.CCOS(=O)(=O)[O-]. The van der Waals surface area contributed by atoms with E-state index in [0.29, 0.717) is 37.3 Å². The van der Waals surface area contributed by atoms with Crippen LogP contribution >= 0.6 is 0 Å². The number of nitrogens with zero attached hydrogens (tertiary/aromatic N) is 1. The van der Waals surface area contributed by atoms with Crippen LogP contribution in [0.3, 0.4) is 0 Å². The van der Waals surface area contributed by atoms with Gasteiger partial charge in [-0.05, 0) is 20.3 Å². The van der Waals surface area contributed by atoms with Crippen molar-refractivity contribution in [2.45, 2.75) is 91.1 Å². The van der Waals surface area contributed by atoms with E-state index >= 15 is 0 Å². The van der Waals surface area contributed by atoms with Crippen molar-refractivity contribution in [1.29, 1.82) is 0 Å². The van der Waals surface area contributed by atoms with E-state index in [1.54, 1.807) is 0 Å². The van der Waals surface area contributed by atoms with Crippen LogP contribution in [0.15, 0.2) is 0 Å². The number of aliphatic hydroxyl groups is 3. The van der Waals surface area contributed by atoms with Gasteiger partial charge < -0.3 is 29.1 Å². The van der Waals surface area contributed by atoms with Gasteiger partial charge in [-0.1, -0.05) is 64.7 Å². The van der Waals surface area contributed by atoms with Crippen molar-refractivity contribution in [3.05, 3.63) is 0 Å². The molecule has 0 rings (SSSR count). The lowest BCUT2D eigenvalue weighted by atomic mass is 10.1. The molecule has 0 aromatic carbocycles. The molecule has 0 radical (unpaired) electrons. The highest BCUT2D eigenvalue weighted by Crippen LogP contribution is 2.11. The van der Waals surface area contributed by atoms with Gasteiger partial charge in [0.25, 0.3) is 0 Å². The lowest BCUT2D eigenvalue weighted by Crippen LogP contribution is -2.55. The molecular weight excluding hydrogens is 450 g/mol. The van der Waals surface area contributed by atoms with E-state index < -0.39 is 16.5 Å². The van der Waals surface area contributed by atoms with Gasteiger partial charge in [-0.15, -0.1) is 0 Å². The third kappa shape index (κ3) is 24.6. The topological polar surface area (TPSA) is 136 Å². The summed E-state index contributed by atoms with van der Waals surface area (Å²) in [5, 5.41) is 28.7. The number of likely N-dealkylation sites (N-methyl/N-ethyl adjacent to an activating group) is 1. The molecule has 0 spiro atoms. The lowest BCUT2D eigenvalue weighted by molar-refractivity contribution is -0.929. The summed E-state index contributed by atoms with van der Waals surface area (Å²) in [6.45, 7) is 9.24. The number of quaternary nitrogens is 1. The molecule has 0 aliphatic rings. The summed E-state index contributed by atoms with van der Waals surface area (Å²) in [4.78, 5) is 0. The third-order valence-corrected chi connectivity index (χ3v) is 6.16. The lowest BCUT2D eigenvalue weighted by Gasteiger charge is -2.38. The molecule has 33 heavy (non-hydrogen) atoms. The molecule has 0 fully saturated rings. The molecule has 0 amide bonds. The Morgan fingerprint density at radius 3 is 1.70 bits per heavy atom. The summed E-state index contributed by atoms with van der Waals surface area (Å²) in [5.74, 6) is 0. The molecule has 0 aliphatic heterocycles. The van der Waals surface area contributed by atoms with E-state index in [2.05, 4.69) is 11.1 Å². The van der Waals surface area contributed by atoms with Crippen LogP contribution in [-0.2, 0) is 19.3 Å². The fourth-order valence-corrected chi connectivity index (χ4v) is 4.01. The van der Waals surface area contributed by atoms with Crippen LogP contribution in [0, 0.1) is 0 Å². The molecule has 3 N–H and O–H groups in total. The Labute approximate surface area is 202 Å². The summed E-state index contributed by atoms with van der Waals surface area (Å²) < 4.78 is 38.2. The molecule has 0 aliphatic carbocycles. The number of hydrogen-bond acceptors (Lipinski definition) is 8. The molecule has 0 saturated carbocycles. The van der Waals surface area contributed by atoms with Crippen LogP contribution in [0.2, 0.25) is 0 Å². The maximum Gasteiger partial charge on any atom is 0.217 e. The first-order chi connectivity index (χ1) is 15.7. The molecule has 0 aromatic rings. The van der Waals surface area contributed by atoms with Gasteiger partial charge in [-0.25, -0.2) is 8.42 Å². The van der Waals surface area contributed by atoms with Gasteiger partial charge in [0.1, 0.15) is 25.7 Å². The van der Waals surface area contributed by atoms with Crippen molar-refractivity contribution in [2.75, 3.05) is 59.2 Å². The maximum absolute atomic E-state index is 10.2. The minimum absolute atomic E-state index is 0.0695. The summed E-state index contributed by atoms with van der Waals surface area (Å²) >= 11 is 0. The highest BCUT2D eigenvalue weighted by Gasteiger charge is 2.27. The predicted octanol–water partition coefficient (Wildman–Crippen LogP) is 2.59. The van der Waals surface area contributed by atoms with Crippen LogP contribution in [0.4, 0.5) is 0 Å². The Hall–Kier alpha value is -0.330. The van der Waals surface area contributed by atoms with Crippen molar-refractivity contribution in [2.24, 2.45) is 0 Å². The first kappa shape index (κ1) is 34.8. The molecular formula is C23H51NO8S. The van der Waals surface area contributed by atoms with Crippen molar-refractivity contribution in [1.82, 2.24) is 0 Å². The zero-order valence-corrected chi connectivity index (χ0v) is 22.1. The number of ether oxygens (including phenoxy) is 1. The van der Waals surface area contributed by atoms with Crippen molar-refractivity contribution in [3.63, 3.8) is 0 Å². The second-order valence-electron chi connectivity index (χ2n) is 8.46. The summed E-state index contributed by atoms with van der Waals surface area (Å²) in [6, 6.07) is 0. The average molecular weight is 502 g/mol. The molecule has 202 valence electrons. The molecule has 0 heterocycles. The fraction of sp³-hybridized carbons (Fsp3) is 1.00. The smallest absolute Gasteiger partial charge is 0.217 e. The molecule has 1 atom stereocenters. The predicted molar refractivity (Wildman–Crippen MR) is 130 cm³/mol. The standard InChI is InChI=1S/C21H46NO4.C2H6O4S/c1-3-5-6-7-8-9-10-11-12-13-18-26-20-21(25)19-22(4-2,14-16-23)15-17-24;1-2-6-7(3,4)5/h21,23-25H,3-20H2,1-2H3;2H2,1H3,(H,3,4,5)/q+1;/p-1. The fourth-order valence-electron chi connectivity index (χ4n) is 3.72. The number of aliphatic hydroxyl groups excluding tert-OH is 3. The van der Waals surface area contributed by atoms with E-state index in [1.165, 1.54) is 64.7 Å². The quantitative estimate of drug-likeness (QED) is 0.0891. The first-order valence-electron chi connectivity index (χ1n) is 12.6. The summed E-state index contributed by atoms with van der Waals surface area (Å²) in [5.41, 5.74) is 0. The molecule has 9 nitrogen and oxygen atoms in total. The van der Waals surface area contributed by atoms with Crippen molar-refractivity contribution in [3.8, 4) is 0 Å². The van der Waals surface area contributed by atoms with Crippen molar-refractivity contribution >= 4 is 10.4 Å². The largest absolute Gasteiger partial charge is 0.726 e. The van der Waals surface area contributed by atoms with E-state index in [4.69, 9.17) is 4.74 Å². The van der Waals surface area contributed by atoms with Crippen LogP contribution in [-0.4, -0.2) is 98.1 Å². The van der Waals surface area contributed by atoms with E-state index in [9.17, 15) is 28.3 Å². The Balaban J connectivity index is 0. The van der Waals surface area contributed by atoms with Gasteiger partial charge >= 0.3 is 0 Å². The molecule has 0 bridgehead atoms. The van der Waals surface area contributed by atoms with Gasteiger partial charge in [0.15, 0.2) is 0 Å². The number of hydrogen-bond donors (Lipinski definition) is 3. The number of unbranched alkanes of at least 4 members (excludes halogenated alkanes) is 9. The van der Waals surface area contributed by atoms with Crippen LogP contribution in [0.5, 0.6) is 0 Å². The third-order valence-electron chi connectivity index (χ3n) is 5.63. The van der Waals surface area contributed by atoms with Gasteiger partial charge in [-0.2, -0.15) is 0 Å². The summed E-state index contributed by atoms with van der Waals surface area (Å²) in [6.07, 6.45) is 12.5. The van der Waals surface area contributed by atoms with Crippen LogP contribution < -0.4 is 0 Å². The number of rotatable bonds is 22. The van der Waals surface area contributed by atoms with Gasteiger partial charge in [-0.3, -0.25) is 4.18 Å². The zero-order chi connectivity index (χ0) is 25.4. The zero-order valence-electron chi connectivity index (χ0n) is 21.3. The van der Waals surface area contributed by atoms with Gasteiger partial charge in [0.05, 0.1) is 33.0 Å². The Kier molecular flexibility index (Phi) is 24.7. The van der Waals surface area contributed by atoms with Crippen molar-refractivity contribution < 1.29 is 41.7 Å². The summed E-state index contributed by atoms with van der Waals surface area (Å²) in [7, 11) is -4.42. The first-order valence-corrected chi connectivity index (χ1v) is 14.0. The minimum Gasteiger partial charge on any atom is -0.726 e. The monoisotopic (exact) mass is 501 g/mol. The van der Waals surface area contributed by atoms with E-state index in [1.807, 2.05) is 6.92 Å². The highest BCUT2D eigenvalue weighted by atomic mass is 32.3. The normalized spacial score (nSPS) is 12.9. The second kappa shape index (κ2) is 23.4. The maximum atomic E-state index is 10.2. The highest BCUT2D eigenvalue weighted by molar-refractivity contribution is 7.80. The minimum atomic E-state index is -4.42. The second-order valence-corrected chi connectivity index (χ2v) is 9.51. The molecule has 0 saturated heterocycles. The molecule has 1 unspecified atom stereocenters. The Morgan fingerprint density at radius 2 is 1.33 bits per heavy atom. The van der Waals surface area contributed by atoms with E-state index in [-0.39, 0.29) is 19.8 Å². The average Bonchev–Trinajstić information content (AvgIpc) is 2.74. The van der Waals surface area contributed by atoms with E-state index in [0.717, 1.165) is 13.0 Å². The van der Waals surface area contributed by atoms with Gasteiger partial charge in [0.2, 0.25) is 10.4 Å². The van der Waals surface area contributed by atoms with Crippen LogP contribution in [0.25, 0.3) is 0 Å². The van der Waals surface area contributed by atoms with Crippen LogP contribution in [0.1, 0.15) is 85.0 Å². The molecule has 10 heteroatoms. The molecule has 0 aromatic heterocycles. The Bertz CT molecular complexity index is 499.